The molecule has 1 amide bonds. The van der Waals surface area contributed by atoms with Gasteiger partial charge in [-0.15, -0.1) is 0 Å². The molecule has 0 fully saturated rings. The molecule has 1 atom stereocenters. The summed E-state index contributed by atoms with van der Waals surface area (Å²) in [6.07, 6.45) is 2.68. The van der Waals surface area contributed by atoms with Crippen LogP contribution in [0.5, 0.6) is 0 Å². The highest BCUT2D eigenvalue weighted by Gasteiger charge is 2.10. The predicted octanol–water partition coefficient (Wildman–Crippen LogP) is -0.292. The number of hydrogen-bond acceptors (Lipinski definition) is 4. The lowest BCUT2D eigenvalue weighted by atomic mass is 10.1. The molecule has 0 spiro atoms. The van der Waals surface area contributed by atoms with Gasteiger partial charge in [0.2, 0.25) is 5.91 Å². The smallest absolute Gasteiger partial charge is 0.251 e. The monoisotopic (exact) mass is 253 g/mol. The number of anilines is 1. The van der Waals surface area contributed by atoms with E-state index in [2.05, 4.69) is 5.32 Å². The van der Waals surface area contributed by atoms with Crippen LogP contribution in [-0.4, -0.2) is 28.2 Å². The van der Waals surface area contributed by atoms with Crippen molar-refractivity contribution in [1.29, 1.82) is 0 Å². The van der Waals surface area contributed by atoms with E-state index in [1.54, 1.807) is 0 Å². The van der Waals surface area contributed by atoms with Gasteiger partial charge in [0.1, 0.15) is 6.54 Å². The minimum absolute atomic E-state index is 0.0248. The summed E-state index contributed by atoms with van der Waals surface area (Å²) in [7, 11) is 0. The minimum atomic E-state index is -0.269. The average Bonchev–Trinajstić information content (AvgIpc) is 2.33. The van der Waals surface area contributed by atoms with Gasteiger partial charge in [-0.05, 0) is 18.9 Å². The van der Waals surface area contributed by atoms with Crippen LogP contribution in [-0.2, 0) is 11.3 Å². The van der Waals surface area contributed by atoms with Gasteiger partial charge in [0.05, 0.1) is 0 Å². The summed E-state index contributed by atoms with van der Waals surface area (Å²) >= 11 is 0. The summed E-state index contributed by atoms with van der Waals surface area (Å²) in [5, 5.41) is 11.6. The molecule has 1 aromatic rings. The first-order chi connectivity index (χ1) is 8.56. The van der Waals surface area contributed by atoms with Crippen LogP contribution in [0.2, 0.25) is 0 Å². The standard InChI is InChI=1S/C12H19N3O3/c1-2-10(5-6-16)14-11(17)8-15-7-9(13)3-4-12(15)18/h3-4,7,10,16H,2,5-6,8,13H2,1H3,(H,14,17). The lowest BCUT2D eigenvalue weighted by Crippen LogP contribution is -2.39. The Balaban J connectivity index is 2.64. The predicted molar refractivity (Wildman–Crippen MR) is 69.0 cm³/mol. The van der Waals surface area contributed by atoms with E-state index in [-0.39, 0.29) is 30.7 Å². The molecule has 0 saturated carbocycles. The molecule has 1 unspecified atom stereocenters. The Morgan fingerprint density at radius 3 is 2.89 bits per heavy atom. The molecule has 0 radical (unpaired) electrons. The molecule has 1 rings (SSSR count). The average molecular weight is 253 g/mol. The molecule has 100 valence electrons. The maximum atomic E-state index is 11.7. The fourth-order valence-corrected chi connectivity index (χ4v) is 1.64. The second kappa shape index (κ2) is 6.80. The number of rotatable bonds is 6. The Labute approximate surface area is 105 Å². The second-order valence-corrected chi connectivity index (χ2v) is 4.11. The van der Waals surface area contributed by atoms with E-state index in [1.165, 1.54) is 22.9 Å². The third kappa shape index (κ3) is 4.21. The van der Waals surface area contributed by atoms with E-state index in [1.807, 2.05) is 6.92 Å². The summed E-state index contributed by atoms with van der Waals surface area (Å²) in [6.45, 7) is 1.89. The number of nitrogen functional groups attached to an aromatic ring is 1. The number of nitrogens with zero attached hydrogens (tertiary/aromatic N) is 1. The highest BCUT2D eigenvalue weighted by molar-refractivity contribution is 5.76. The van der Waals surface area contributed by atoms with Gasteiger partial charge in [-0.25, -0.2) is 0 Å². The minimum Gasteiger partial charge on any atom is -0.398 e. The number of hydrogen-bond donors (Lipinski definition) is 3. The number of carbonyl (C=O) groups excluding carboxylic acids is 1. The quantitative estimate of drug-likeness (QED) is 0.649. The summed E-state index contributed by atoms with van der Waals surface area (Å²) < 4.78 is 1.26. The zero-order valence-electron chi connectivity index (χ0n) is 10.4. The highest BCUT2D eigenvalue weighted by Crippen LogP contribution is 1.98. The van der Waals surface area contributed by atoms with Crippen LogP contribution >= 0.6 is 0 Å². The Hall–Kier alpha value is -1.82. The lowest BCUT2D eigenvalue weighted by Gasteiger charge is -2.16. The molecule has 0 saturated heterocycles. The van der Waals surface area contributed by atoms with Gasteiger partial charge in [-0.3, -0.25) is 9.59 Å². The van der Waals surface area contributed by atoms with Crippen molar-refractivity contribution in [2.45, 2.75) is 32.4 Å². The molecule has 4 N–H and O–H groups in total. The summed E-state index contributed by atoms with van der Waals surface area (Å²) in [6, 6.07) is 2.75. The van der Waals surface area contributed by atoms with E-state index in [4.69, 9.17) is 10.8 Å². The van der Waals surface area contributed by atoms with E-state index in [9.17, 15) is 9.59 Å². The number of pyridine rings is 1. The Morgan fingerprint density at radius 1 is 1.56 bits per heavy atom. The number of aliphatic hydroxyl groups is 1. The van der Waals surface area contributed by atoms with Crippen LogP contribution in [0, 0.1) is 0 Å². The van der Waals surface area contributed by atoms with Crippen molar-refractivity contribution in [3.63, 3.8) is 0 Å². The maximum absolute atomic E-state index is 11.7. The first-order valence-corrected chi connectivity index (χ1v) is 5.93. The van der Waals surface area contributed by atoms with E-state index < -0.39 is 0 Å². The lowest BCUT2D eigenvalue weighted by molar-refractivity contribution is -0.122. The SMILES string of the molecule is CCC(CCO)NC(=O)Cn1cc(N)ccc1=O. The van der Waals surface area contributed by atoms with Crippen molar-refractivity contribution in [2.75, 3.05) is 12.3 Å². The molecule has 0 aliphatic rings. The second-order valence-electron chi connectivity index (χ2n) is 4.11. The molecule has 1 aromatic heterocycles. The normalized spacial score (nSPS) is 12.1. The van der Waals surface area contributed by atoms with Crippen LogP contribution in [0.4, 0.5) is 5.69 Å². The first-order valence-electron chi connectivity index (χ1n) is 5.93. The fraction of sp³-hybridized carbons (Fsp3) is 0.500. The molecular formula is C12H19N3O3. The molecule has 18 heavy (non-hydrogen) atoms. The number of amides is 1. The number of aromatic nitrogens is 1. The number of carbonyl (C=O) groups is 1. The Bertz CT molecular complexity index is 456. The molecular weight excluding hydrogens is 234 g/mol. The molecule has 0 bridgehead atoms. The van der Waals surface area contributed by atoms with Gasteiger partial charge in [0.25, 0.3) is 5.56 Å². The number of nitrogens with one attached hydrogen (secondary N) is 1. The molecule has 6 heteroatoms. The molecule has 0 aliphatic carbocycles. The van der Waals surface area contributed by atoms with E-state index in [0.29, 0.717) is 12.1 Å². The first kappa shape index (κ1) is 14.2. The molecule has 0 aromatic carbocycles. The van der Waals surface area contributed by atoms with Crippen LogP contribution in [0.15, 0.2) is 23.1 Å². The van der Waals surface area contributed by atoms with Crippen molar-refractivity contribution >= 4 is 11.6 Å². The Morgan fingerprint density at radius 2 is 2.28 bits per heavy atom. The number of nitrogens with two attached hydrogens (primary N) is 1. The van der Waals surface area contributed by atoms with Gasteiger partial charge in [-0.1, -0.05) is 6.92 Å². The fourth-order valence-electron chi connectivity index (χ4n) is 1.64. The highest BCUT2D eigenvalue weighted by atomic mass is 16.3. The third-order valence-corrected chi connectivity index (χ3v) is 2.66. The van der Waals surface area contributed by atoms with Gasteiger partial charge in [0, 0.05) is 30.6 Å². The summed E-state index contributed by atoms with van der Waals surface area (Å²) in [5.41, 5.74) is 5.72. The van der Waals surface area contributed by atoms with Gasteiger partial charge in [-0.2, -0.15) is 0 Å². The molecule has 6 nitrogen and oxygen atoms in total. The molecule has 1 heterocycles. The van der Waals surface area contributed by atoms with Gasteiger partial charge in [0.15, 0.2) is 0 Å². The number of aliphatic hydroxyl groups excluding tert-OH is 1. The zero-order valence-corrected chi connectivity index (χ0v) is 10.4. The van der Waals surface area contributed by atoms with Crippen LogP contribution in [0.3, 0.4) is 0 Å². The summed E-state index contributed by atoms with van der Waals surface area (Å²) in [4.78, 5) is 23.2. The van der Waals surface area contributed by atoms with Crippen LogP contribution < -0.4 is 16.6 Å². The molecule has 0 aliphatic heterocycles. The third-order valence-electron chi connectivity index (χ3n) is 2.66. The van der Waals surface area contributed by atoms with E-state index >= 15 is 0 Å². The van der Waals surface area contributed by atoms with Crippen molar-refractivity contribution < 1.29 is 9.90 Å². The van der Waals surface area contributed by atoms with Crippen molar-refractivity contribution in [1.82, 2.24) is 9.88 Å². The largest absolute Gasteiger partial charge is 0.398 e. The summed E-state index contributed by atoms with van der Waals surface area (Å²) in [5.74, 6) is -0.261. The van der Waals surface area contributed by atoms with Gasteiger partial charge >= 0.3 is 0 Å². The van der Waals surface area contributed by atoms with Crippen LogP contribution in [0.25, 0.3) is 0 Å². The Kier molecular flexibility index (Phi) is 5.38. The van der Waals surface area contributed by atoms with Crippen LogP contribution in [0.1, 0.15) is 19.8 Å². The van der Waals surface area contributed by atoms with Gasteiger partial charge < -0.3 is 20.7 Å². The van der Waals surface area contributed by atoms with Crippen molar-refractivity contribution in [3.05, 3.63) is 28.7 Å². The van der Waals surface area contributed by atoms with Crippen molar-refractivity contribution in [3.8, 4) is 0 Å². The van der Waals surface area contributed by atoms with Crippen molar-refractivity contribution in [2.24, 2.45) is 0 Å². The topological polar surface area (TPSA) is 97.3 Å². The zero-order chi connectivity index (χ0) is 13.5. The van der Waals surface area contributed by atoms with E-state index in [0.717, 1.165) is 6.42 Å². The maximum Gasteiger partial charge on any atom is 0.251 e.